The van der Waals surface area contributed by atoms with Gasteiger partial charge in [0.15, 0.2) is 0 Å². The number of aryl methyl sites for hydroxylation is 1. The minimum absolute atomic E-state index is 0.0888. The lowest BCUT2D eigenvalue weighted by molar-refractivity contribution is 0.269. The van der Waals surface area contributed by atoms with Crippen LogP contribution in [0.2, 0.25) is 0 Å². The number of nitrogens with zero attached hydrogens (tertiary/aromatic N) is 1. The molecule has 0 amide bonds. The second kappa shape index (κ2) is 7.17. The number of halogens is 1. The average Bonchev–Trinajstić information content (AvgIpc) is 2.28. The van der Waals surface area contributed by atoms with Gasteiger partial charge in [0.2, 0.25) is 0 Å². The van der Waals surface area contributed by atoms with E-state index in [1.807, 2.05) is 19.1 Å². The molecule has 0 aromatic carbocycles. The van der Waals surface area contributed by atoms with E-state index in [0.29, 0.717) is 12.3 Å². The standard InChI is InChI=1S/C12H19FN2O/c1-3-7-14-9-11-12(16-8-6-13)5-4-10(2)15-11/h4-5,14H,3,6-9H2,1-2H3. The maximum atomic E-state index is 12.0. The number of rotatable bonds is 7. The van der Waals surface area contributed by atoms with Crippen LogP contribution in [0.4, 0.5) is 4.39 Å². The molecule has 0 aliphatic heterocycles. The number of pyridine rings is 1. The highest BCUT2D eigenvalue weighted by molar-refractivity contribution is 5.29. The molecule has 4 heteroatoms. The van der Waals surface area contributed by atoms with Crippen LogP contribution in [0.3, 0.4) is 0 Å². The Balaban J connectivity index is 2.65. The lowest BCUT2D eigenvalue weighted by Crippen LogP contribution is -2.16. The summed E-state index contributed by atoms with van der Waals surface area (Å²) in [4.78, 5) is 4.39. The fourth-order valence-corrected chi connectivity index (χ4v) is 1.39. The van der Waals surface area contributed by atoms with Crippen LogP contribution >= 0.6 is 0 Å². The molecule has 0 bridgehead atoms. The fraction of sp³-hybridized carbons (Fsp3) is 0.583. The van der Waals surface area contributed by atoms with Gasteiger partial charge in [-0.15, -0.1) is 0 Å². The largest absolute Gasteiger partial charge is 0.489 e. The highest BCUT2D eigenvalue weighted by atomic mass is 19.1. The van der Waals surface area contributed by atoms with E-state index < -0.39 is 6.67 Å². The van der Waals surface area contributed by atoms with Crippen molar-refractivity contribution in [3.63, 3.8) is 0 Å². The Labute approximate surface area is 96.0 Å². The van der Waals surface area contributed by atoms with Gasteiger partial charge in [-0.1, -0.05) is 6.92 Å². The monoisotopic (exact) mass is 226 g/mol. The van der Waals surface area contributed by atoms with Crippen molar-refractivity contribution in [2.75, 3.05) is 19.8 Å². The minimum Gasteiger partial charge on any atom is -0.489 e. The zero-order valence-corrected chi connectivity index (χ0v) is 9.92. The first-order valence-electron chi connectivity index (χ1n) is 5.64. The van der Waals surface area contributed by atoms with E-state index in [-0.39, 0.29) is 6.61 Å². The van der Waals surface area contributed by atoms with Gasteiger partial charge in [-0.05, 0) is 32.0 Å². The number of alkyl halides is 1. The Morgan fingerprint density at radius 3 is 2.94 bits per heavy atom. The third-order valence-corrected chi connectivity index (χ3v) is 2.13. The second-order valence-corrected chi connectivity index (χ2v) is 3.61. The Bertz CT molecular complexity index is 318. The van der Waals surface area contributed by atoms with Crippen molar-refractivity contribution in [1.29, 1.82) is 0 Å². The van der Waals surface area contributed by atoms with Crippen molar-refractivity contribution in [2.24, 2.45) is 0 Å². The molecule has 3 nitrogen and oxygen atoms in total. The minimum atomic E-state index is -0.476. The molecule has 0 aliphatic rings. The molecule has 0 unspecified atom stereocenters. The Hall–Kier alpha value is -1.16. The predicted molar refractivity (Wildman–Crippen MR) is 62.4 cm³/mol. The van der Waals surface area contributed by atoms with Gasteiger partial charge in [0.05, 0.1) is 5.69 Å². The third kappa shape index (κ3) is 4.14. The molecule has 90 valence electrons. The summed E-state index contributed by atoms with van der Waals surface area (Å²) in [5, 5.41) is 3.26. The lowest BCUT2D eigenvalue weighted by atomic mass is 10.2. The van der Waals surface area contributed by atoms with Crippen LogP contribution in [0, 0.1) is 6.92 Å². The molecular formula is C12H19FN2O. The van der Waals surface area contributed by atoms with Crippen LogP contribution < -0.4 is 10.1 Å². The van der Waals surface area contributed by atoms with Crippen LogP contribution in [0.25, 0.3) is 0 Å². The molecule has 0 saturated carbocycles. The SMILES string of the molecule is CCCNCc1nc(C)ccc1OCCF. The summed E-state index contributed by atoms with van der Waals surface area (Å²) in [7, 11) is 0. The van der Waals surface area contributed by atoms with Crippen molar-refractivity contribution in [2.45, 2.75) is 26.8 Å². The molecule has 16 heavy (non-hydrogen) atoms. The van der Waals surface area contributed by atoms with Gasteiger partial charge in [-0.25, -0.2) is 4.39 Å². The van der Waals surface area contributed by atoms with E-state index in [4.69, 9.17) is 4.74 Å². The fourth-order valence-electron chi connectivity index (χ4n) is 1.39. The summed E-state index contributed by atoms with van der Waals surface area (Å²) in [5.74, 6) is 0.673. The van der Waals surface area contributed by atoms with Gasteiger partial charge in [0.25, 0.3) is 0 Å². The van der Waals surface area contributed by atoms with E-state index >= 15 is 0 Å². The second-order valence-electron chi connectivity index (χ2n) is 3.61. The van der Waals surface area contributed by atoms with Crippen molar-refractivity contribution in [3.8, 4) is 5.75 Å². The molecule has 1 rings (SSSR count). The molecule has 0 aliphatic carbocycles. The normalized spacial score (nSPS) is 10.4. The van der Waals surface area contributed by atoms with E-state index in [1.165, 1.54) is 0 Å². The molecule has 1 aromatic heterocycles. The van der Waals surface area contributed by atoms with Gasteiger partial charge in [-0.3, -0.25) is 4.98 Å². The summed E-state index contributed by atoms with van der Waals surface area (Å²) in [6.07, 6.45) is 1.08. The first-order valence-corrected chi connectivity index (χ1v) is 5.64. The smallest absolute Gasteiger partial charge is 0.142 e. The van der Waals surface area contributed by atoms with Crippen molar-refractivity contribution in [3.05, 3.63) is 23.5 Å². The summed E-state index contributed by atoms with van der Waals surface area (Å²) in [6, 6.07) is 3.72. The Morgan fingerprint density at radius 2 is 2.25 bits per heavy atom. The highest BCUT2D eigenvalue weighted by Crippen LogP contribution is 2.16. The first-order chi connectivity index (χ1) is 7.77. The number of hydrogen-bond donors (Lipinski definition) is 1. The van der Waals surface area contributed by atoms with Crippen LogP contribution in [-0.4, -0.2) is 24.8 Å². The van der Waals surface area contributed by atoms with Crippen LogP contribution in [0.15, 0.2) is 12.1 Å². The topological polar surface area (TPSA) is 34.2 Å². The molecular weight excluding hydrogens is 207 g/mol. The van der Waals surface area contributed by atoms with Gasteiger partial charge >= 0.3 is 0 Å². The van der Waals surface area contributed by atoms with Crippen molar-refractivity contribution < 1.29 is 9.13 Å². The Kier molecular flexibility index (Phi) is 5.78. The van der Waals surface area contributed by atoms with Gasteiger partial charge < -0.3 is 10.1 Å². The number of aromatic nitrogens is 1. The van der Waals surface area contributed by atoms with E-state index in [9.17, 15) is 4.39 Å². The maximum absolute atomic E-state index is 12.0. The molecule has 0 saturated heterocycles. The van der Waals surface area contributed by atoms with Crippen molar-refractivity contribution >= 4 is 0 Å². The van der Waals surface area contributed by atoms with Gasteiger partial charge in [0, 0.05) is 12.2 Å². The molecule has 0 radical (unpaired) electrons. The van der Waals surface area contributed by atoms with Gasteiger partial charge in [-0.2, -0.15) is 0 Å². The summed E-state index contributed by atoms with van der Waals surface area (Å²) < 4.78 is 17.3. The molecule has 0 atom stereocenters. The van der Waals surface area contributed by atoms with Crippen LogP contribution in [-0.2, 0) is 6.54 Å². The van der Waals surface area contributed by atoms with Crippen LogP contribution in [0.1, 0.15) is 24.7 Å². The number of ether oxygens (including phenoxy) is 1. The quantitative estimate of drug-likeness (QED) is 0.724. The summed E-state index contributed by atoms with van der Waals surface area (Å²) in [6.45, 7) is 5.26. The predicted octanol–water partition coefficient (Wildman–Crippen LogP) is 2.24. The number of nitrogens with one attached hydrogen (secondary N) is 1. The van der Waals surface area contributed by atoms with Crippen molar-refractivity contribution in [1.82, 2.24) is 10.3 Å². The molecule has 1 N–H and O–H groups in total. The zero-order valence-electron chi connectivity index (χ0n) is 9.92. The maximum Gasteiger partial charge on any atom is 0.142 e. The molecule has 1 heterocycles. The Morgan fingerprint density at radius 1 is 1.44 bits per heavy atom. The van der Waals surface area contributed by atoms with E-state index in [1.54, 1.807) is 0 Å². The highest BCUT2D eigenvalue weighted by Gasteiger charge is 2.05. The molecule has 1 aromatic rings. The average molecular weight is 226 g/mol. The summed E-state index contributed by atoms with van der Waals surface area (Å²) >= 11 is 0. The zero-order chi connectivity index (χ0) is 11.8. The number of hydrogen-bond acceptors (Lipinski definition) is 3. The molecule has 0 spiro atoms. The van der Waals surface area contributed by atoms with E-state index in [2.05, 4.69) is 17.2 Å². The molecule has 0 fully saturated rings. The van der Waals surface area contributed by atoms with Gasteiger partial charge in [0.1, 0.15) is 19.0 Å². The first kappa shape index (κ1) is 12.9. The third-order valence-electron chi connectivity index (χ3n) is 2.13. The summed E-state index contributed by atoms with van der Waals surface area (Å²) in [5.41, 5.74) is 1.79. The van der Waals surface area contributed by atoms with E-state index in [0.717, 1.165) is 24.4 Å². The van der Waals surface area contributed by atoms with Crippen LogP contribution in [0.5, 0.6) is 5.75 Å². The lowest BCUT2D eigenvalue weighted by Gasteiger charge is -2.10.